The molecule has 0 radical (unpaired) electrons. The summed E-state index contributed by atoms with van der Waals surface area (Å²) in [5.41, 5.74) is 1.87. The lowest BCUT2D eigenvalue weighted by molar-refractivity contribution is -0.384. The van der Waals surface area contributed by atoms with Crippen LogP contribution in [0.3, 0.4) is 0 Å². The molecule has 1 N–H and O–H groups in total. The van der Waals surface area contributed by atoms with Gasteiger partial charge < -0.3 is 15.0 Å². The Kier molecular flexibility index (Phi) is 7.17. The molecular weight excluding hydrogens is 410 g/mol. The molecule has 8 heteroatoms. The zero-order valence-corrected chi connectivity index (χ0v) is 17.7. The third-order valence-corrected chi connectivity index (χ3v) is 4.72. The van der Waals surface area contributed by atoms with Crippen molar-refractivity contribution >= 4 is 23.2 Å². The summed E-state index contributed by atoms with van der Waals surface area (Å²) in [5, 5.41) is 13.5. The predicted octanol–water partition coefficient (Wildman–Crippen LogP) is 4.27. The van der Waals surface area contributed by atoms with E-state index >= 15 is 0 Å². The maximum absolute atomic E-state index is 12.8. The zero-order valence-electron chi connectivity index (χ0n) is 17.7. The molecule has 0 spiro atoms. The van der Waals surface area contributed by atoms with E-state index in [1.54, 1.807) is 43.1 Å². The number of nitrogens with zero attached hydrogens (tertiary/aromatic N) is 2. The third-order valence-electron chi connectivity index (χ3n) is 4.72. The van der Waals surface area contributed by atoms with Crippen LogP contribution in [0.15, 0.2) is 78.9 Å². The summed E-state index contributed by atoms with van der Waals surface area (Å²) in [6.45, 7) is 2.04. The van der Waals surface area contributed by atoms with Gasteiger partial charge in [0.05, 0.1) is 4.92 Å². The number of anilines is 1. The van der Waals surface area contributed by atoms with Crippen molar-refractivity contribution in [2.45, 2.75) is 19.6 Å². The quantitative estimate of drug-likeness (QED) is 0.422. The number of amides is 2. The van der Waals surface area contributed by atoms with E-state index in [1.165, 1.54) is 24.3 Å². The highest BCUT2D eigenvalue weighted by molar-refractivity contribution is 5.98. The fraction of sp³-hybridized carbons (Fsp3) is 0.167. The molecular formula is C24H23N3O5. The number of non-ortho nitro benzene ring substituents is 1. The first-order valence-corrected chi connectivity index (χ1v) is 9.95. The third kappa shape index (κ3) is 5.91. The number of carbonyl (C=O) groups is 2. The molecule has 0 saturated carbocycles. The van der Waals surface area contributed by atoms with Crippen LogP contribution in [0.25, 0.3) is 0 Å². The van der Waals surface area contributed by atoms with Crippen LogP contribution in [-0.4, -0.2) is 34.8 Å². The molecule has 0 aliphatic rings. The van der Waals surface area contributed by atoms with E-state index < -0.39 is 16.9 Å². The summed E-state index contributed by atoms with van der Waals surface area (Å²) in [4.78, 5) is 37.1. The largest absolute Gasteiger partial charge is 0.481 e. The smallest absolute Gasteiger partial charge is 0.269 e. The van der Waals surface area contributed by atoms with E-state index in [9.17, 15) is 19.7 Å². The number of benzene rings is 3. The average molecular weight is 433 g/mol. The Labute approximate surface area is 185 Å². The summed E-state index contributed by atoms with van der Waals surface area (Å²) in [6, 6.07) is 21.8. The second kappa shape index (κ2) is 10.2. The molecule has 0 aromatic heterocycles. The van der Waals surface area contributed by atoms with Crippen molar-refractivity contribution in [3.05, 3.63) is 100 Å². The Balaban J connectivity index is 1.61. The van der Waals surface area contributed by atoms with Gasteiger partial charge in [0, 0.05) is 37.0 Å². The first kappa shape index (κ1) is 22.5. The maximum Gasteiger partial charge on any atom is 0.269 e. The highest BCUT2D eigenvalue weighted by Crippen LogP contribution is 2.19. The Hall–Kier alpha value is -4.20. The van der Waals surface area contributed by atoms with Crippen molar-refractivity contribution in [2.75, 3.05) is 12.4 Å². The molecule has 2 amide bonds. The zero-order chi connectivity index (χ0) is 23.1. The van der Waals surface area contributed by atoms with Crippen LogP contribution in [0.5, 0.6) is 5.75 Å². The van der Waals surface area contributed by atoms with E-state index in [0.717, 1.165) is 5.56 Å². The van der Waals surface area contributed by atoms with E-state index in [-0.39, 0.29) is 11.6 Å². The van der Waals surface area contributed by atoms with Crippen molar-refractivity contribution in [3.63, 3.8) is 0 Å². The topological polar surface area (TPSA) is 102 Å². The molecule has 3 rings (SSSR count). The number of ether oxygens (including phenoxy) is 1. The Morgan fingerprint density at radius 3 is 2.38 bits per heavy atom. The Bertz CT molecular complexity index is 1100. The number of nitro groups is 1. The van der Waals surface area contributed by atoms with Crippen molar-refractivity contribution in [3.8, 4) is 5.75 Å². The molecule has 1 unspecified atom stereocenters. The highest BCUT2D eigenvalue weighted by atomic mass is 16.6. The fourth-order valence-corrected chi connectivity index (χ4v) is 3.03. The van der Waals surface area contributed by atoms with E-state index in [2.05, 4.69) is 5.32 Å². The van der Waals surface area contributed by atoms with Crippen molar-refractivity contribution in [1.82, 2.24) is 4.90 Å². The van der Waals surface area contributed by atoms with Gasteiger partial charge in [0.2, 0.25) is 0 Å². The summed E-state index contributed by atoms with van der Waals surface area (Å²) in [7, 11) is 1.72. The number of hydrogen-bond acceptors (Lipinski definition) is 5. The van der Waals surface area contributed by atoms with Crippen LogP contribution in [0.2, 0.25) is 0 Å². The van der Waals surface area contributed by atoms with Crippen LogP contribution >= 0.6 is 0 Å². The summed E-state index contributed by atoms with van der Waals surface area (Å²) in [6.07, 6.45) is -0.850. The molecule has 32 heavy (non-hydrogen) atoms. The maximum atomic E-state index is 12.8. The summed E-state index contributed by atoms with van der Waals surface area (Å²) < 4.78 is 5.56. The van der Waals surface area contributed by atoms with Gasteiger partial charge in [0.15, 0.2) is 6.10 Å². The lowest BCUT2D eigenvalue weighted by Gasteiger charge is -2.18. The van der Waals surface area contributed by atoms with Crippen LogP contribution in [0, 0.1) is 10.1 Å². The lowest BCUT2D eigenvalue weighted by atomic mass is 10.1. The van der Waals surface area contributed by atoms with E-state index in [1.807, 2.05) is 30.3 Å². The second-order valence-corrected chi connectivity index (χ2v) is 7.23. The van der Waals surface area contributed by atoms with Crippen molar-refractivity contribution < 1.29 is 19.2 Å². The van der Waals surface area contributed by atoms with Gasteiger partial charge in [0.1, 0.15) is 5.75 Å². The molecule has 3 aromatic carbocycles. The van der Waals surface area contributed by atoms with Crippen LogP contribution < -0.4 is 10.1 Å². The SMILES string of the molecule is CC(Oc1ccc([N+](=O)[O-])cc1)C(=O)Nc1cccc(C(=O)N(C)Cc2ccccc2)c1. The molecule has 0 saturated heterocycles. The normalized spacial score (nSPS) is 11.3. The van der Waals surface area contributed by atoms with Crippen LogP contribution in [-0.2, 0) is 11.3 Å². The number of nitro benzene ring substituents is 1. The van der Waals surface area contributed by atoms with Gasteiger partial charge in [0.25, 0.3) is 17.5 Å². The standard InChI is InChI=1S/C24H23N3O5/c1-17(32-22-13-11-21(12-14-22)27(30)31)23(28)25-20-10-6-9-19(15-20)24(29)26(2)16-18-7-4-3-5-8-18/h3-15,17H,16H2,1-2H3,(H,25,28). The predicted molar refractivity (Wildman–Crippen MR) is 120 cm³/mol. The van der Waals surface area contributed by atoms with Gasteiger partial charge >= 0.3 is 0 Å². The Morgan fingerprint density at radius 1 is 1.03 bits per heavy atom. The van der Waals surface area contributed by atoms with Gasteiger partial charge in [-0.1, -0.05) is 36.4 Å². The fourth-order valence-electron chi connectivity index (χ4n) is 3.03. The minimum Gasteiger partial charge on any atom is -0.481 e. The molecule has 0 aliphatic carbocycles. The van der Waals surface area contributed by atoms with Gasteiger partial charge in [-0.15, -0.1) is 0 Å². The average Bonchev–Trinajstić information content (AvgIpc) is 2.79. The number of carbonyl (C=O) groups excluding carboxylic acids is 2. The number of hydrogen-bond donors (Lipinski definition) is 1. The van der Waals surface area contributed by atoms with Gasteiger partial charge in [-0.3, -0.25) is 19.7 Å². The van der Waals surface area contributed by atoms with E-state index in [4.69, 9.17) is 4.74 Å². The minimum absolute atomic E-state index is 0.0619. The first-order valence-electron chi connectivity index (χ1n) is 9.95. The molecule has 0 aliphatic heterocycles. The van der Waals surface area contributed by atoms with Gasteiger partial charge in [-0.2, -0.15) is 0 Å². The van der Waals surface area contributed by atoms with Gasteiger partial charge in [-0.05, 0) is 42.8 Å². The van der Waals surface area contributed by atoms with E-state index in [0.29, 0.717) is 23.5 Å². The van der Waals surface area contributed by atoms with Crippen molar-refractivity contribution in [1.29, 1.82) is 0 Å². The van der Waals surface area contributed by atoms with Crippen LogP contribution in [0.1, 0.15) is 22.8 Å². The molecule has 0 heterocycles. The minimum atomic E-state index is -0.850. The van der Waals surface area contributed by atoms with Crippen LogP contribution in [0.4, 0.5) is 11.4 Å². The highest BCUT2D eigenvalue weighted by Gasteiger charge is 2.17. The summed E-state index contributed by atoms with van der Waals surface area (Å²) >= 11 is 0. The second-order valence-electron chi connectivity index (χ2n) is 7.23. The molecule has 0 bridgehead atoms. The van der Waals surface area contributed by atoms with Gasteiger partial charge in [-0.25, -0.2) is 0 Å². The van der Waals surface area contributed by atoms with Crippen molar-refractivity contribution in [2.24, 2.45) is 0 Å². The monoisotopic (exact) mass is 433 g/mol. The number of nitrogens with one attached hydrogen (secondary N) is 1. The molecule has 1 atom stereocenters. The molecule has 0 fully saturated rings. The summed E-state index contributed by atoms with van der Waals surface area (Å²) in [5.74, 6) is -0.240. The number of rotatable bonds is 8. The molecule has 3 aromatic rings. The molecule has 8 nitrogen and oxygen atoms in total. The molecule has 164 valence electrons. The first-order chi connectivity index (χ1) is 15.3. The lowest BCUT2D eigenvalue weighted by Crippen LogP contribution is -2.30. The Morgan fingerprint density at radius 2 is 1.72 bits per heavy atom.